The third-order valence-electron chi connectivity index (χ3n) is 1.50. The zero-order valence-corrected chi connectivity index (χ0v) is 4.57. The first-order chi connectivity index (χ1) is 3.19. The number of ether oxygens (including phenoxy) is 1. The summed E-state index contributed by atoms with van der Waals surface area (Å²) < 4.78 is 16.5. The molecule has 0 N–H and O–H groups in total. The van der Waals surface area contributed by atoms with Gasteiger partial charge in [-0.3, -0.25) is 0 Å². The van der Waals surface area contributed by atoms with Crippen molar-refractivity contribution in [2.45, 2.75) is 32.2 Å². The standard InChI is InChI=1S/C5H9FO/c1-3-5(2)4(6)7-5/h4H,3H2,1-2H3. The maximum atomic E-state index is 11.9. The lowest BCUT2D eigenvalue weighted by Crippen LogP contribution is -2.03. The highest BCUT2D eigenvalue weighted by molar-refractivity contribution is 4.90. The highest BCUT2D eigenvalue weighted by Gasteiger charge is 2.51. The van der Waals surface area contributed by atoms with Crippen LogP contribution in [-0.4, -0.2) is 12.0 Å². The average molecular weight is 104 g/mol. The summed E-state index contributed by atoms with van der Waals surface area (Å²) in [6.45, 7) is 3.69. The molecule has 1 saturated heterocycles. The van der Waals surface area contributed by atoms with Crippen molar-refractivity contribution in [2.75, 3.05) is 0 Å². The van der Waals surface area contributed by atoms with E-state index in [2.05, 4.69) is 4.74 Å². The van der Waals surface area contributed by atoms with Gasteiger partial charge in [0.25, 0.3) is 0 Å². The van der Waals surface area contributed by atoms with E-state index in [1.165, 1.54) is 0 Å². The molecule has 1 rings (SSSR count). The Morgan fingerprint density at radius 2 is 2.29 bits per heavy atom. The van der Waals surface area contributed by atoms with Crippen LogP contribution in [0.15, 0.2) is 0 Å². The number of hydrogen-bond acceptors (Lipinski definition) is 1. The van der Waals surface area contributed by atoms with Crippen LogP contribution in [-0.2, 0) is 4.74 Å². The van der Waals surface area contributed by atoms with Gasteiger partial charge in [0.05, 0.1) is 0 Å². The van der Waals surface area contributed by atoms with E-state index < -0.39 is 12.0 Å². The Morgan fingerprint density at radius 3 is 2.29 bits per heavy atom. The van der Waals surface area contributed by atoms with Crippen molar-refractivity contribution < 1.29 is 9.13 Å². The van der Waals surface area contributed by atoms with E-state index in [4.69, 9.17) is 0 Å². The molecule has 2 atom stereocenters. The SMILES string of the molecule is CCC1(C)OC1F. The molecule has 0 aromatic heterocycles. The van der Waals surface area contributed by atoms with Crippen LogP contribution in [0.4, 0.5) is 4.39 Å². The van der Waals surface area contributed by atoms with Crippen molar-refractivity contribution in [1.29, 1.82) is 0 Å². The van der Waals surface area contributed by atoms with Gasteiger partial charge in [0.15, 0.2) is 0 Å². The summed E-state index contributed by atoms with van der Waals surface area (Å²) >= 11 is 0. The Kier molecular flexibility index (Phi) is 0.854. The highest BCUT2D eigenvalue weighted by atomic mass is 19.2. The molecule has 0 saturated carbocycles. The van der Waals surface area contributed by atoms with E-state index in [1.54, 1.807) is 6.92 Å². The zero-order chi connectivity index (χ0) is 5.49. The average Bonchev–Trinajstić information content (AvgIpc) is 2.18. The predicted molar refractivity (Wildman–Crippen MR) is 24.7 cm³/mol. The minimum Gasteiger partial charge on any atom is -0.334 e. The third kappa shape index (κ3) is 0.630. The normalized spacial score (nSPS) is 49.3. The molecule has 0 aromatic carbocycles. The summed E-state index contributed by atoms with van der Waals surface area (Å²) in [7, 11) is 0. The van der Waals surface area contributed by atoms with Crippen LogP contribution in [0.25, 0.3) is 0 Å². The van der Waals surface area contributed by atoms with E-state index >= 15 is 0 Å². The molecule has 1 aliphatic rings. The second-order valence-corrected chi connectivity index (χ2v) is 2.10. The van der Waals surface area contributed by atoms with Crippen molar-refractivity contribution in [1.82, 2.24) is 0 Å². The van der Waals surface area contributed by atoms with E-state index in [0.717, 1.165) is 6.42 Å². The van der Waals surface area contributed by atoms with Crippen molar-refractivity contribution in [3.05, 3.63) is 0 Å². The number of epoxide rings is 1. The molecule has 1 nitrogen and oxygen atoms in total. The lowest BCUT2D eigenvalue weighted by molar-refractivity contribution is 0.248. The summed E-state index contributed by atoms with van der Waals surface area (Å²) in [4.78, 5) is 0. The molecule has 0 spiro atoms. The predicted octanol–water partition coefficient (Wildman–Crippen LogP) is 1.48. The molecule has 2 heteroatoms. The highest BCUT2D eigenvalue weighted by Crippen LogP contribution is 2.39. The maximum absolute atomic E-state index is 11.9. The number of alkyl halides is 1. The molecule has 0 radical (unpaired) electrons. The summed E-state index contributed by atoms with van der Waals surface area (Å²) in [5.74, 6) is 0. The van der Waals surface area contributed by atoms with Crippen LogP contribution in [0, 0.1) is 0 Å². The Balaban J connectivity index is 2.36. The number of rotatable bonds is 1. The van der Waals surface area contributed by atoms with Crippen LogP contribution >= 0.6 is 0 Å². The number of halogens is 1. The van der Waals surface area contributed by atoms with Crippen molar-refractivity contribution in [3.8, 4) is 0 Å². The molecule has 1 heterocycles. The van der Waals surface area contributed by atoms with E-state index in [0.29, 0.717) is 0 Å². The summed E-state index contributed by atoms with van der Waals surface area (Å²) in [6.07, 6.45) is -0.216. The van der Waals surface area contributed by atoms with Crippen molar-refractivity contribution >= 4 is 0 Å². The number of hydrogen-bond donors (Lipinski definition) is 0. The van der Waals surface area contributed by atoms with Gasteiger partial charge in [0, 0.05) is 0 Å². The quantitative estimate of drug-likeness (QED) is 0.459. The van der Waals surface area contributed by atoms with Gasteiger partial charge in [-0.25, -0.2) is 4.39 Å². The fourth-order valence-electron chi connectivity index (χ4n) is 0.446. The van der Waals surface area contributed by atoms with E-state index in [-0.39, 0.29) is 0 Å². The van der Waals surface area contributed by atoms with Crippen LogP contribution in [0.1, 0.15) is 20.3 Å². The second kappa shape index (κ2) is 1.19. The van der Waals surface area contributed by atoms with Crippen molar-refractivity contribution in [2.24, 2.45) is 0 Å². The molecule has 1 aliphatic heterocycles. The lowest BCUT2D eigenvalue weighted by atomic mass is 10.1. The fraction of sp³-hybridized carbons (Fsp3) is 1.00. The first kappa shape index (κ1) is 5.04. The summed E-state index contributed by atoms with van der Waals surface area (Å²) in [6, 6.07) is 0. The molecule has 7 heavy (non-hydrogen) atoms. The molecule has 2 unspecified atom stereocenters. The van der Waals surface area contributed by atoms with Crippen LogP contribution in [0.2, 0.25) is 0 Å². The molecular formula is C5H9FO. The molecule has 1 fully saturated rings. The van der Waals surface area contributed by atoms with Gasteiger partial charge < -0.3 is 4.74 Å². The topological polar surface area (TPSA) is 12.5 Å². The Bertz CT molecular complexity index is 80.1. The van der Waals surface area contributed by atoms with Gasteiger partial charge in [-0.15, -0.1) is 0 Å². The molecule has 0 aliphatic carbocycles. The molecule has 0 aromatic rings. The first-order valence-electron chi connectivity index (χ1n) is 2.51. The molecule has 42 valence electrons. The van der Waals surface area contributed by atoms with Gasteiger partial charge in [-0.2, -0.15) is 0 Å². The zero-order valence-electron chi connectivity index (χ0n) is 4.57. The molecule has 0 bridgehead atoms. The van der Waals surface area contributed by atoms with E-state index in [1.807, 2.05) is 6.92 Å². The van der Waals surface area contributed by atoms with Gasteiger partial charge in [0.1, 0.15) is 5.60 Å². The molecule has 0 amide bonds. The third-order valence-corrected chi connectivity index (χ3v) is 1.50. The maximum Gasteiger partial charge on any atom is 0.228 e. The smallest absolute Gasteiger partial charge is 0.228 e. The lowest BCUT2D eigenvalue weighted by Gasteiger charge is -1.92. The van der Waals surface area contributed by atoms with Crippen LogP contribution in [0.3, 0.4) is 0 Å². The Hall–Kier alpha value is -0.110. The van der Waals surface area contributed by atoms with Crippen molar-refractivity contribution in [3.63, 3.8) is 0 Å². The van der Waals surface area contributed by atoms with Crippen LogP contribution in [0.5, 0.6) is 0 Å². The second-order valence-electron chi connectivity index (χ2n) is 2.10. The molecular weight excluding hydrogens is 95.1 g/mol. The van der Waals surface area contributed by atoms with Crippen LogP contribution < -0.4 is 0 Å². The van der Waals surface area contributed by atoms with Gasteiger partial charge >= 0.3 is 0 Å². The summed E-state index contributed by atoms with van der Waals surface area (Å²) in [5, 5.41) is 0. The summed E-state index contributed by atoms with van der Waals surface area (Å²) in [5.41, 5.74) is -0.417. The van der Waals surface area contributed by atoms with Gasteiger partial charge in [0.2, 0.25) is 6.36 Å². The fourth-order valence-corrected chi connectivity index (χ4v) is 0.446. The Labute approximate surface area is 42.5 Å². The first-order valence-corrected chi connectivity index (χ1v) is 2.51. The monoisotopic (exact) mass is 104 g/mol. The van der Waals surface area contributed by atoms with Gasteiger partial charge in [-0.1, -0.05) is 6.92 Å². The Morgan fingerprint density at radius 1 is 1.86 bits per heavy atom. The largest absolute Gasteiger partial charge is 0.334 e. The van der Waals surface area contributed by atoms with E-state index in [9.17, 15) is 4.39 Å². The van der Waals surface area contributed by atoms with Gasteiger partial charge in [-0.05, 0) is 13.3 Å². The minimum atomic E-state index is -0.988. The minimum absolute atomic E-state index is 0.417.